The summed E-state index contributed by atoms with van der Waals surface area (Å²) in [6.45, 7) is 4.53. The first kappa shape index (κ1) is 19.8. The summed E-state index contributed by atoms with van der Waals surface area (Å²) in [5.74, 6) is 4.86. The molecule has 0 aromatic carbocycles. The van der Waals surface area contributed by atoms with Crippen LogP contribution >= 0.6 is 0 Å². The summed E-state index contributed by atoms with van der Waals surface area (Å²) in [7, 11) is 0. The Bertz CT molecular complexity index is 570. The van der Waals surface area contributed by atoms with Crippen LogP contribution in [0, 0.1) is 35.5 Å². The number of hydrogen-bond acceptors (Lipinski definition) is 4. The van der Waals surface area contributed by atoms with Crippen LogP contribution in [-0.2, 0) is 9.47 Å². The van der Waals surface area contributed by atoms with Gasteiger partial charge < -0.3 is 20.3 Å². The van der Waals surface area contributed by atoms with Crippen molar-refractivity contribution in [3.8, 4) is 0 Å². The Balaban J connectivity index is 1.23. The van der Waals surface area contributed by atoms with E-state index in [-0.39, 0.29) is 17.7 Å². The molecular formula is C24H41NO3. The zero-order valence-corrected chi connectivity index (χ0v) is 17.9. The lowest BCUT2D eigenvalue weighted by molar-refractivity contribution is -0.261. The predicted molar refractivity (Wildman–Crippen MR) is 110 cm³/mol. The number of nitrogens with two attached hydrogens (primary N) is 1. The summed E-state index contributed by atoms with van der Waals surface area (Å²) in [4.78, 5) is 0. The molecule has 0 aromatic rings. The lowest BCUT2D eigenvalue weighted by Gasteiger charge is -2.57. The summed E-state index contributed by atoms with van der Waals surface area (Å²) >= 11 is 0. The van der Waals surface area contributed by atoms with Gasteiger partial charge in [0.15, 0.2) is 6.29 Å². The first-order chi connectivity index (χ1) is 13.5. The standard InChI is InChI=1S/C24H41NO3/c1-14-11-12-24(25)20(14)9-7-19-18-6-5-17(13-16(18)4-8-21(19)24)28-23-22(26)10-3-15(2)27-23/h14-23,26H,3-13,25H2,1-2H3. The molecule has 0 bridgehead atoms. The maximum absolute atomic E-state index is 10.3. The van der Waals surface area contributed by atoms with Gasteiger partial charge in [0, 0.05) is 5.54 Å². The molecule has 4 nitrogen and oxygen atoms in total. The van der Waals surface area contributed by atoms with E-state index in [1.807, 2.05) is 0 Å². The van der Waals surface area contributed by atoms with Crippen molar-refractivity contribution in [1.29, 1.82) is 0 Å². The Morgan fingerprint density at radius 1 is 0.893 bits per heavy atom. The SMILES string of the molecule is CC1CCC(O)C(OC2CCC3C(CCC4C3CCC3C(C)CCC34N)C2)O1. The van der Waals surface area contributed by atoms with Crippen LogP contribution in [0.15, 0.2) is 0 Å². The van der Waals surface area contributed by atoms with Crippen LogP contribution in [0.3, 0.4) is 0 Å². The molecule has 11 unspecified atom stereocenters. The van der Waals surface area contributed by atoms with E-state index >= 15 is 0 Å². The molecule has 4 aliphatic carbocycles. The zero-order valence-electron chi connectivity index (χ0n) is 17.9. The van der Waals surface area contributed by atoms with E-state index in [1.54, 1.807) is 0 Å². The molecule has 5 aliphatic rings. The highest BCUT2D eigenvalue weighted by Gasteiger charge is 2.57. The molecule has 28 heavy (non-hydrogen) atoms. The molecule has 5 rings (SSSR count). The fraction of sp³-hybridized carbons (Fsp3) is 1.00. The van der Waals surface area contributed by atoms with E-state index in [1.165, 1.54) is 44.9 Å². The van der Waals surface area contributed by atoms with Crippen molar-refractivity contribution in [2.45, 2.75) is 115 Å². The number of aliphatic hydroxyl groups is 1. The Labute approximate surface area is 170 Å². The van der Waals surface area contributed by atoms with Gasteiger partial charge in [0.25, 0.3) is 0 Å². The summed E-state index contributed by atoms with van der Waals surface area (Å²) in [5, 5.41) is 10.3. The van der Waals surface area contributed by atoms with Crippen LogP contribution < -0.4 is 5.73 Å². The van der Waals surface area contributed by atoms with E-state index in [9.17, 15) is 5.11 Å². The fourth-order valence-electron chi connectivity index (χ4n) is 8.27. The molecule has 160 valence electrons. The van der Waals surface area contributed by atoms with Crippen LogP contribution in [0.4, 0.5) is 0 Å². The molecule has 0 amide bonds. The van der Waals surface area contributed by atoms with E-state index < -0.39 is 12.4 Å². The van der Waals surface area contributed by atoms with Crippen LogP contribution in [0.2, 0.25) is 0 Å². The van der Waals surface area contributed by atoms with Gasteiger partial charge in [-0.05, 0) is 113 Å². The van der Waals surface area contributed by atoms with Gasteiger partial charge in [0.1, 0.15) is 6.10 Å². The van der Waals surface area contributed by atoms with Crippen LogP contribution in [0.1, 0.15) is 84.5 Å². The third kappa shape index (κ3) is 3.27. The van der Waals surface area contributed by atoms with Gasteiger partial charge in [0.05, 0.1) is 12.2 Å². The summed E-state index contributed by atoms with van der Waals surface area (Å²) in [6, 6.07) is 0. The van der Waals surface area contributed by atoms with Crippen molar-refractivity contribution in [3.05, 3.63) is 0 Å². The van der Waals surface area contributed by atoms with Crippen molar-refractivity contribution in [2.75, 3.05) is 0 Å². The molecule has 1 saturated heterocycles. The minimum atomic E-state index is -0.457. The predicted octanol–water partition coefficient (Wildman–Crippen LogP) is 4.24. The summed E-state index contributed by atoms with van der Waals surface area (Å²) < 4.78 is 12.2. The smallest absolute Gasteiger partial charge is 0.184 e. The monoisotopic (exact) mass is 391 g/mol. The molecule has 4 heteroatoms. The highest BCUT2D eigenvalue weighted by atomic mass is 16.7. The number of hydrogen-bond donors (Lipinski definition) is 2. The third-order valence-electron chi connectivity index (χ3n) is 9.70. The van der Waals surface area contributed by atoms with Crippen molar-refractivity contribution in [1.82, 2.24) is 0 Å². The van der Waals surface area contributed by atoms with Crippen LogP contribution in [-0.4, -0.2) is 35.2 Å². The molecule has 0 spiro atoms. The van der Waals surface area contributed by atoms with Gasteiger partial charge in [-0.3, -0.25) is 0 Å². The average Bonchev–Trinajstić information content (AvgIpc) is 2.99. The van der Waals surface area contributed by atoms with E-state index in [0.29, 0.717) is 0 Å². The topological polar surface area (TPSA) is 64.7 Å². The normalized spacial score (nSPS) is 56.6. The molecule has 5 fully saturated rings. The third-order valence-corrected chi connectivity index (χ3v) is 9.70. The zero-order chi connectivity index (χ0) is 19.5. The van der Waals surface area contributed by atoms with Gasteiger partial charge in [0.2, 0.25) is 0 Å². The largest absolute Gasteiger partial charge is 0.388 e. The Morgan fingerprint density at radius 3 is 2.54 bits per heavy atom. The van der Waals surface area contributed by atoms with Crippen molar-refractivity contribution in [3.63, 3.8) is 0 Å². The quantitative estimate of drug-likeness (QED) is 0.691. The van der Waals surface area contributed by atoms with Gasteiger partial charge >= 0.3 is 0 Å². The summed E-state index contributed by atoms with van der Waals surface area (Å²) in [6.07, 6.45) is 12.9. The maximum atomic E-state index is 10.3. The minimum Gasteiger partial charge on any atom is -0.388 e. The second-order valence-electron chi connectivity index (χ2n) is 11.1. The molecular weight excluding hydrogens is 350 g/mol. The van der Waals surface area contributed by atoms with Gasteiger partial charge in [-0.15, -0.1) is 0 Å². The van der Waals surface area contributed by atoms with E-state index in [2.05, 4.69) is 13.8 Å². The van der Waals surface area contributed by atoms with Crippen molar-refractivity contribution >= 4 is 0 Å². The van der Waals surface area contributed by atoms with E-state index in [0.717, 1.165) is 61.2 Å². The highest BCUT2D eigenvalue weighted by Crippen LogP contribution is 2.60. The Morgan fingerprint density at radius 2 is 1.68 bits per heavy atom. The van der Waals surface area contributed by atoms with Crippen molar-refractivity contribution in [2.24, 2.45) is 41.2 Å². The van der Waals surface area contributed by atoms with Gasteiger partial charge in [-0.2, -0.15) is 0 Å². The molecule has 1 aliphatic heterocycles. The molecule has 11 atom stereocenters. The summed E-state index contributed by atoms with van der Waals surface area (Å²) in [5.41, 5.74) is 7.28. The van der Waals surface area contributed by atoms with Crippen LogP contribution in [0.5, 0.6) is 0 Å². The second kappa shape index (κ2) is 7.51. The van der Waals surface area contributed by atoms with Crippen molar-refractivity contribution < 1.29 is 14.6 Å². The van der Waals surface area contributed by atoms with Gasteiger partial charge in [-0.25, -0.2) is 0 Å². The molecule has 0 aromatic heterocycles. The van der Waals surface area contributed by atoms with E-state index in [4.69, 9.17) is 15.2 Å². The average molecular weight is 392 g/mol. The number of ether oxygens (including phenoxy) is 2. The second-order valence-corrected chi connectivity index (χ2v) is 11.1. The Hall–Kier alpha value is -0.160. The Kier molecular flexibility index (Phi) is 5.31. The molecule has 0 radical (unpaired) electrons. The first-order valence-corrected chi connectivity index (χ1v) is 12.2. The lowest BCUT2D eigenvalue weighted by atomic mass is 9.51. The molecule has 3 N–H and O–H groups in total. The molecule has 4 saturated carbocycles. The fourth-order valence-corrected chi connectivity index (χ4v) is 8.27. The molecule has 1 heterocycles. The van der Waals surface area contributed by atoms with Crippen LogP contribution in [0.25, 0.3) is 0 Å². The maximum Gasteiger partial charge on any atom is 0.184 e. The number of aliphatic hydroxyl groups excluding tert-OH is 1. The lowest BCUT2D eigenvalue weighted by Crippen LogP contribution is -2.60. The number of rotatable bonds is 2. The van der Waals surface area contributed by atoms with Gasteiger partial charge in [-0.1, -0.05) is 6.92 Å². The first-order valence-electron chi connectivity index (χ1n) is 12.2. The number of fused-ring (bicyclic) bond motifs is 5. The minimum absolute atomic E-state index is 0.136. The highest BCUT2D eigenvalue weighted by molar-refractivity contribution is 5.11.